The lowest BCUT2D eigenvalue weighted by Crippen LogP contribution is -2.68. The SMILES string of the molecule is Cc1oc2cc(Oc3ccnn4cc(C(=O)N5CC6(CC(O)C6)C5)c(C)c34)ccc2c1C(=O)NC12CC(C1)C2. The van der Waals surface area contributed by atoms with Crippen molar-refractivity contribution in [3.05, 3.63) is 59.1 Å². The number of carbonyl (C=O) groups excluding carboxylic acids is 2. The second-order valence-electron chi connectivity index (χ2n) is 12.4. The number of likely N-dealkylation sites (tertiary alicyclic amines) is 1. The van der Waals surface area contributed by atoms with Gasteiger partial charge in [0, 0.05) is 47.8 Å². The van der Waals surface area contributed by atoms with Gasteiger partial charge in [0.25, 0.3) is 11.8 Å². The molecule has 200 valence electrons. The highest BCUT2D eigenvalue weighted by molar-refractivity contribution is 6.08. The van der Waals surface area contributed by atoms with E-state index in [0.717, 1.165) is 54.5 Å². The van der Waals surface area contributed by atoms with Gasteiger partial charge in [0.2, 0.25) is 0 Å². The number of nitrogens with zero attached hydrogens (tertiary/aromatic N) is 3. The van der Waals surface area contributed by atoms with Gasteiger partial charge in [0.1, 0.15) is 22.6 Å². The number of nitrogens with one attached hydrogen (secondary N) is 1. The largest absolute Gasteiger partial charge is 0.460 e. The number of fused-ring (bicyclic) bond motifs is 2. The zero-order chi connectivity index (χ0) is 26.7. The Morgan fingerprint density at radius 2 is 1.90 bits per heavy atom. The summed E-state index contributed by atoms with van der Waals surface area (Å²) in [6, 6.07) is 7.29. The lowest BCUT2D eigenvalue weighted by Gasteiger charge is -2.61. The van der Waals surface area contributed by atoms with E-state index in [0.29, 0.717) is 47.1 Å². The Morgan fingerprint density at radius 3 is 2.59 bits per heavy atom. The Labute approximate surface area is 224 Å². The second-order valence-corrected chi connectivity index (χ2v) is 12.4. The highest BCUT2D eigenvalue weighted by Crippen LogP contribution is 2.57. The molecule has 9 heteroatoms. The van der Waals surface area contributed by atoms with Crippen LogP contribution >= 0.6 is 0 Å². The van der Waals surface area contributed by atoms with Crippen LogP contribution in [0.5, 0.6) is 11.5 Å². The fourth-order valence-electron chi connectivity index (χ4n) is 7.40. The van der Waals surface area contributed by atoms with Crippen LogP contribution in [0.2, 0.25) is 0 Å². The summed E-state index contributed by atoms with van der Waals surface area (Å²) in [6.07, 6.45) is 7.99. The van der Waals surface area contributed by atoms with Gasteiger partial charge >= 0.3 is 0 Å². The van der Waals surface area contributed by atoms with Gasteiger partial charge in [-0.05, 0) is 69.6 Å². The van der Waals surface area contributed by atoms with Crippen molar-refractivity contribution in [3.63, 3.8) is 0 Å². The van der Waals surface area contributed by atoms with E-state index < -0.39 is 0 Å². The molecule has 9 rings (SSSR count). The van der Waals surface area contributed by atoms with Gasteiger partial charge in [-0.15, -0.1) is 0 Å². The molecule has 3 aromatic heterocycles. The minimum Gasteiger partial charge on any atom is -0.460 e. The number of benzene rings is 1. The molecule has 4 saturated carbocycles. The van der Waals surface area contributed by atoms with Crippen molar-refractivity contribution in [2.24, 2.45) is 11.3 Å². The molecule has 2 bridgehead atoms. The quantitative estimate of drug-likeness (QED) is 0.400. The summed E-state index contributed by atoms with van der Waals surface area (Å²) in [5, 5.41) is 18.1. The first-order valence-corrected chi connectivity index (χ1v) is 13.7. The van der Waals surface area contributed by atoms with E-state index in [4.69, 9.17) is 9.15 Å². The molecule has 0 radical (unpaired) electrons. The summed E-state index contributed by atoms with van der Waals surface area (Å²) in [6.45, 7) is 5.11. The second kappa shape index (κ2) is 7.63. The van der Waals surface area contributed by atoms with Crippen LogP contribution in [0, 0.1) is 25.2 Å². The van der Waals surface area contributed by atoms with Crippen LogP contribution in [0.15, 0.2) is 41.1 Å². The van der Waals surface area contributed by atoms with E-state index in [-0.39, 0.29) is 28.9 Å². The Morgan fingerprint density at radius 1 is 1.13 bits per heavy atom. The van der Waals surface area contributed by atoms with Gasteiger partial charge in [-0.25, -0.2) is 4.52 Å². The summed E-state index contributed by atoms with van der Waals surface area (Å²) in [7, 11) is 0. The minimum atomic E-state index is -0.226. The maximum absolute atomic E-state index is 13.3. The van der Waals surface area contributed by atoms with Crippen molar-refractivity contribution < 1.29 is 23.8 Å². The molecule has 1 spiro atoms. The van der Waals surface area contributed by atoms with Crippen LogP contribution in [-0.4, -0.2) is 56.2 Å². The Balaban J connectivity index is 1.06. The number of aryl methyl sites for hydroxylation is 2. The zero-order valence-electron chi connectivity index (χ0n) is 22.0. The predicted octanol–water partition coefficient (Wildman–Crippen LogP) is 4.37. The van der Waals surface area contributed by atoms with E-state index >= 15 is 0 Å². The average Bonchev–Trinajstić information content (AvgIpc) is 3.32. The molecule has 1 aliphatic heterocycles. The number of ether oxygens (including phenoxy) is 1. The van der Waals surface area contributed by atoms with Crippen molar-refractivity contribution in [2.45, 2.75) is 57.6 Å². The first kappa shape index (κ1) is 23.1. The molecule has 39 heavy (non-hydrogen) atoms. The topological polar surface area (TPSA) is 109 Å². The standard InChI is InChI=1S/C30H30N4O5/c1-16-22(28(37)33-14-29(15-33)11-19(35)12-29)13-34-26(16)23(5-6-31-34)39-20-3-4-21-24(7-20)38-17(2)25(21)27(36)32-30-8-18(9-30)10-30/h3-7,13,18-19,35H,8-12,14-15H2,1-2H3,(H,32,36). The summed E-state index contributed by atoms with van der Waals surface area (Å²) < 4.78 is 14.0. The molecule has 0 atom stereocenters. The predicted molar refractivity (Wildman–Crippen MR) is 142 cm³/mol. The highest BCUT2D eigenvalue weighted by Gasteiger charge is 2.57. The average molecular weight is 527 g/mol. The van der Waals surface area contributed by atoms with Crippen LogP contribution in [-0.2, 0) is 0 Å². The number of aliphatic hydroxyl groups excluding tert-OH is 1. The number of hydrogen-bond donors (Lipinski definition) is 2. The molecule has 2 N–H and O–H groups in total. The molecule has 5 aliphatic rings. The number of aromatic nitrogens is 2. The third-order valence-corrected chi connectivity index (χ3v) is 9.51. The van der Waals surface area contributed by atoms with Crippen LogP contribution < -0.4 is 10.1 Å². The smallest absolute Gasteiger partial charge is 0.255 e. The molecule has 0 unspecified atom stereocenters. The van der Waals surface area contributed by atoms with Crippen molar-refractivity contribution >= 4 is 28.3 Å². The number of amides is 2. The summed E-state index contributed by atoms with van der Waals surface area (Å²) in [4.78, 5) is 28.2. The van der Waals surface area contributed by atoms with Gasteiger partial charge in [0.05, 0.1) is 23.4 Å². The molecule has 9 nitrogen and oxygen atoms in total. The van der Waals surface area contributed by atoms with Crippen LogP contribution in [0.4, 0.5) is 0 Å². The number of hydrogen-bond acceptors (Lipinski definition) is 6. The van der Waals surface area contributed by atoms with Gasteiger partial charge in [-0.2, -0.15) is 5.10 Å². The van der Waals surface area contributed by atoms with E-state index in [2.05, 4.69) is 10.4 Å². The van der Waals surface area contributed by atoms with E-state index in [1.54, 1.807) is 29.0 Å². The Bertz CT molecular complexity index is 1690. The zero-order valence-corrected chi connectivity index (χ0v) is 22.0. The first-order valence-electron chi connectivity index (χ1n) is 13.7. The first-order chi connectivity index (χ1) is 18.7. The Kier molecular flexibility index (Phi) is 4.51. The molecule has 2 amide bonds. The number of aliphatic hydroxyl groups is 1. The molecule has 1 saturated heterocycles. The molecule has 4 aliphatic carbocycles. The van der Waals surface area contributed by atoms with Gasteiger partial charge < -0.3 is 24.5 Å². The summed E-state index contributed by atoms with van der Waals surface area (Å²) in [5.74, 6) is 2.43. The third-order valence-electron chi connectivity index (χ3n) is 9.51. The maximum atomic E-state index is 13.3. The van der Waals surface area contributed by atoms with Crippen molar-refractivity contribution in [3.8, 4) is 11.5 Å². The minimum absolute atomic E-state index is 0.000379. The van der Waals surface area contributed by atoms with Gasteiger partial charge in [-0.1, -0.05) is 0 Å². The van der Waals surface area contributed by atoms with Crippen LogP contribution in [0.3, 0.4) is 0 Å². The van der Waals surface area contributed by atoms with Gasteiger partial charge in [-0.3, -0.25) is 9.59 Å². The monoisotopic (exact) mass is 526 g/mol. The molecule has 1 aromatic carbocycles. The van der Waals surface area contributed by atoms with Crippen molar-refractivity contribution in [1.29, 1.82) is 0 Å². The third kappa shape index (κ3) is 3.32. The summed E-state index contributed by atoms with van der Waals surface area (Å²) >= 11 is 0. The van der Waals surface area contributed by atoms with Crippen molar-refractivity contribution in [1.82, 2.24) is 19.8 Å². The van der Waals surface area contributed by atoms with Crippen molar-refractivity contribution in [2.75, 3.05) is 13.1 Å². The lowest BCUT2D eigenvalue weighted by molar-refractivity contribution is -0.113. The lowest BCUT2D eigenvalue weighted by atomic mass is 9.50. The van der Waals surface area contributed by atoms with E-state index in [1.807, 2.05) is 30.9 Å². The fourth-order valence-corrected chi connectivity index (χ4v) is 7.40. The Hall–Kier alpha value is -3.85. The number of furan rings is 1. The van der Waals surface area contributed by atoms with Crippen LogP contribution in [0.25, 0.3) is 16.5 Å². The summed E-state index contributed by atoms with van der Waals surface area (Å²) in [5.41, 5.74) is 3.42. The maximum Gasteiger partial charge on any atom is 0.255 e. The number of rotatable bonds is 5. The van der Waals surface area contributed by atoms with E-state index in [1.165, 1.54) is 0 Å². The number of carbonyl (C=O) groups is 2. The van der Waals surface area contributed by atoms with Crippen LogP contribution in [0.1, 0.15) is 64.1 Å². The van der Waals surface area contributed by atoms with Gasteiger partial charge in [0.15, 0.2) is 5.75 Å². The molecular weight excluding hydrogens is 496 g/mol. The highest BCUT2D eigenvalue weighted by atomic mass is 16.5. The fraction of sp³-hybridized carbons (Fsp3) is 0.433. The van der Waals surface area contributed by atoms with E-state index in [9.17, 15) is 14.7 Å². The molecule has 5 fully saturated rings. The molecular formula is C30H30N4O5. The normalized spacial score (nSPS) is 24.7. The molecule has 4 heterocycles. The molecule has 4 aromatic rings.